The van der Waals surface area contributed by atoms with Gasteiger partial charge in [0.2, 0.25) is 0 Å². The zero-order valence-corrected chi connectivity index (χ0v) is 21.1. The Hall–Kier alpha value is -4.33. The second-order valence-electron chi connectivity index (χ2n) is 9.16. The maximum absolute atomic E-state index is 6.07. The summed E-state index contributed by atoms with van der Waals surface area (Å²) in [5, 5.41) is 2.39. The van der Waals surface area contributed by atoms with Crippen LogP contribution in [0.25, 0.3) is 33.0 Å². The van der Waals surface area contributed by atoms with E-state index in [1.165, 1.54) is 33.0 Å². The van der Waals surface area contributed by atoms with Crippen molar-refractivity contribution in [1.29, 1.82) is 0 Å². The summed E-state index contributed by atoms with van der Waals surface area (Å²) in [4.78, 5) is 2.32. The standard InChI is InChI=1S/C35H26ClN/c36-25-26-11-12-32-24-35(22-17-31(32)23-26)37(33-18-13-29(14-19-33)27-7-3-1-4-8-27)34-20-15-30(16-21-34)28-9-5-2-6-10-28/h1-24H,25H2. The molecule has 0 bridgehead atoms. The first-order valence-electron chi connectivity index (χ1n) is 12.5. The lowest BCUT2D eigenvalue weighted by Gasteiger charge is -2.26. The molecule has 0 spiro atoms. The average molecular weight is 496 g/mol. The van der Waals surface area contributed by atoms with E-state index in [0.717, 1.165) is 22.6 Å². The van der Waals surface area contributed by atoms with E-state index in [9.17, 15) is 0 Å². The van der Waals surface area contributed by atoms with Gasteiger partial charge in [-0.3, -0.25) is 0 Å². The number of anilines is 3. The van der Waals surface area contributed by atoms with Crippen LogP contribution in [-0.2, 0) is 5.88 Å². The fraction of sp³-hybridized carbons (Fsp3) is 0.0286. The molecule has 0 N–H and O–H groups in total. The van der Waals surface area contributed by atoms with Crippen LogP contribution >= 0.6 is 11.6 Å². The highest BCUT2D eigenvalue weighted by Crippen LogP contribution is 2.38. The van der Waals surface area contributed by atoms with Crippen molar-refractivity contribution in [3.8, 4) is 22.3 Å². The summed E-state index contributed by atoms with van der Waals surface area (Å²) in [5.74, 6) is 0.519. The molecular formula is C35H26ClN. The van der Waals surface area contributed by atoms with Crippen molar-refractivity contribution in [3.63, 3.8) is 0 Å². The summed E-state index contributed by atoms with van der Waals surface area (Å²) in [6.45, 7) is 0. The first-order chi connectivity index (χ1) is 18.3. The highest BCUT2D eigenvalue weighted by atomic mass is 35.5. The normalized spacial score (nSPS) is 10.9. The van der Waals surface area contributed by atoms with Crippen molar-refractivity contribution in [2.45, 2.75) is 5.88 Å². The van der Waals surface area contributed by atoms with E-state index in [1.54, 1.807) is 0 Å². The molecular weight excluding hydrogens is 470 g/mol. The topological polar surface area (TPSA) is 3.24 Å². The number of alkyl halides is 1. The Balaban J connectivity index is 1.43. The second-order valence-corrected chi connectivity index (χ2v) is 9.43. The van der Waals surface area contributed by atoms with Gasteiger partial charge in [-0.05, 0) is 81.1 Å². The van der Waals surface area contributed by atoms with Crippen LogP contribution in [0.15, 0.2) is 146 Å². The Morgan fingerprint density at radius 1 is 0.405 bits per heavy atom. The highest BCUT2D eigenvalue weighted by Gasteiger charge is 2.14. The molecule has 1 nitrogen and oxygen atoms in total. The van der Waals surface area contributed by atoms with E-state index in [-0.39, 0.29) is 0 Å². The van der Waals surface area contributed by atoms with Crippen LogP contribution in [0, 0.1) is 0 Å². The molecule has 0 aliphatic rings. The molecule has 0 aromatic heterocycles. The lowest BCUT2D eigenvalue weighted by molar-refractivity contribution is 1.29. The molecule has 0 heterocycles. The Morgan fingerprint density at radius 2 is 0.838 bits per heavy atom. The van der Waals surface area contributed by atoms with E-state index in [4.69, 9.17) is 11.6 Å². The molecule has 2 heteroatoms. The fourth-order valence-corrected chi connectivity index (χ4v) is 4.99. The first kappa shape index (κ1) is 23.1. The van der Waals surface area contributed by atoms with Crippen molar-refractivity contribution in [2.24, 2.45) is 0 Å². The Labute approximate surface area is 223 Å². The number of fused-ring (bicyclic) bond motifs is 1. The van der Waals surface area contributed by atoms with Crippen molar-refractivity contribution in [3.05, 3.63) is 151 Å². The number of hydrogen-bond donors (Lipinski definition) is 0. The minimum absolute atomic E-state index is 0.519. The van der Waals surface area contributed by atoms with Gasteiger partial charge in [-0.25, -0.2) is 0 Å². The van der Waals surface area contributed by atoms with Gasteiger partial charge in [0.15, 0.2) is 0 Å². The number of halogens is 1. The molecule has 6 rings (SSSR count). The predicted molar refractivity (Wildman–Crippen MR) is 159 cm³/mol. The molecule has 0 amide bonds. The summed E-state index contributed by atoms with van der Waals surface area (Å²) in [6, 6.07) is 51.7. The van der Waals surface area contributed by atoms with Crippen LogP contribution in [0.1, 0.15) is 5.56 Å². The van der Waals surface area contributed by atoms with E-state index in [1.807, 2.05) is 0 Å². The minimum atomic E-state index is 0.519. The molecule has 6 aromatic rings. The van der Waals surface area contributed by atoms with E-state index in [2.05, 4.69) is 150 Å². The average Bonchev–Trinajstić information content (AvgIpc) is 2.98. The quantitative estimate of drug-likeness (QED) is 0.208. The van der Waals surface area contributed by atoms with Gasteiger partial charge in [-0.15, -0.1) is 11.6 Å². The van der Waals surface area contributed by atoms with E-state index < -0.39 is 0 Å². The fourth-order valence-electron chi connectivity index (χ4n) is 4.82. The van der Waals surface area contributed by atoms with Crippen molar-refractivity contribution < 1.29 is 0 Å². The van der Waals surface area contributed by atoms with Crippen LogP contribution < -0.4 is 4.90 Å². The monoisotopic (exact) mass is 495 g/mol. The smallest absolute Gasteiger partial charge is 0.0474 e. The number of nitrogens with zero attached hydrogens (tertiary/aromatic N) is 1. The Morgan fingerprint density at radius 3 is 1.35 bits per heavy atom. The third kappa shape index (κ3) is 4.87. The third-order valence-electron chi connectivity index (χ3n) is 6.77. The van der Waals surface area contributed by atoms with E-state index in [0.29, 0.717) is 5.88 Å². The second kappa shape index (κ2) is 10.3. The van der Waals surface area contributed by atoms with Gasteiger partial charge in [0.1, 0.15) is 0 Å². The van der Waals surface area contributed by atoms with Crippen molar-refractivity contribution >= 4 is 39.4 Å². The lowest BCUT2D eigenvalue weighted by Crippen LogP contribution is -2.09. The molecule has 0 unspecified atom stereocenters. The first-order valence-corrected chi connectivity index (χ1v) is 13.0. The molecule has 0 saturated heterocycles. The Bertz CT molecular complexity index is 1540. The van der Waals surface area contributed by atoms with Crippen LogP contribution in [0.5, 0.6) is 0 Å². The summed E-state index contributed by atoms with van der Waals surface area (Å²) in [6.07, 6.45) is 0. The molecule has 0 radical (unpaired) electrons. The lowest BCUT2D eigenvalue weighted by atomic mass is 10.0. The predicted octanol–water partition coefficient (Wildman–Crippen LogP) is 10.4. The van der Waals surface area contributed by atoms with Gasteiger partial charge >= 0.3 is 0 Å². The van der Waals surface area contributed by atoms with Gasteiger partial charge in [0.25, 0.3) is 0 Å². The largest absolute Gasteiger partial charge is 0.310 e. The van der Waals surface area contributed by atoms with Crippen LogP contribution in [0.2, 0.25) is 0 Å². The number of benzene rings is 6. The molecule has 37 heavy (non-hydrogen) atoms. The summed E-state index contributed by atoms with van der Waals surface area (Å²) < 4.78 is 0. The molecule has 0 aliphatic heterocycles. The summed E-state index contributed by atoms with van der Waals surface area (Å²) in [7, 11) is 0. The number of rotatable bonds is 6. The molecule has 0 saturated carbocycles. The summed E-state index contributed by atoms with van der Waals surface area (Å²) >= 11 is 6.07. The maximum Gasteiger partial charge on any atom is 0.0474 e. The summed E-state index contributed by atoms with van der Waals surface area (Å²) in [5.41, 5.74) is 9.32. The molecule has 0 aliphatic carbocycles. The Kier molecular flexibility index (Phi) is 6.45. The van der Waals surface area contributed by atoms with Crippen LogP contribution in [0.4, 0.5) is 17.1 Å². The van der Waals surface area contributed by atoms with Gasteiger partial charge in [0, 0.05) is 22.9 Å². The minimum Gasteiger partial charge on any atom is -0.310 e. The molecule has 0 atom stereocenters. The number of hydrogen-bond acceptors (Lipinski definition) is 1. The van der Waals surface area contributed by atoms with Crippen molar-refractivity contribution in [2.75, 3.05) is 4.90 Å². The van der Waals surface area contributed by atoms with Gasteiger partial charge in [0.05, 0.1) is 0 Å². The SMILES string of the molecule is ClCc1ccc2cc(N(c3ccc(-c4ccccc4)cc3)c3ccc(-c4ccccc4)cc3)ccc2c1. The van der Waals surface area contributed by atoms with Crippen LogP contribution in [-0.4, -0.2) is 0 Å². The molecule has 6 aromatic carbocycles. The molecule has 178 valence electrons. The van der Waals surface area contributed by atoms with E-state index >= 15 is 0 Å². The highest BCUT2D eigenvalue weighted by molar-refractivity contribution is 6.17. The van der Waals surface area contributed by atoms with Crippen LogP contribution in [0.3, 0.4) is 0 Å². The molecule has 0 fully saturated rings. The zero-order valence-electron chi connectivity index (χ0n) is 20.4. The van der Waals surface area contributed by atoms with Gasteiger partial charge < -0.3 is 4.90 Å². The third-order valence-corrected chi connectivity index (χ3v) is 7.07. The van der Waals surface area contributed by atoms with Gasteiger partial charge in [-0.2, -0.15) is 0 Å². The van der Waals surface area contributed by atoms with Crippen molar-refractivity contribution in [1.82, 2.24) is 0 Å². The zero-order chi connectivity index (χ0) is 25.0. The van der Waals surface area contributed by atoms with Gasteiger partial charge in [-0.1, -0.05) is 103 Å². The maximum atomic E-state index is 6.07.